The van der Waals surface area contributed by atoms with E-state index in [4.69, 9.17) is 4.74 Å². The maximum atomic E-state index is 13.7. The van der Waals surface area contributed by atoms with Gasteiger partial charge >= 0.3 is 0 Å². The first-order chi connectivity index (χ1) is 8.22. The van der Waals surface area contributed by atoms with Gasteiger partial charge in [0.25, 0.3) is 0 Å². The number of hydrogen-bond donors (Lipinski definition) is 1. The van der Waals surface area contributed by atoms with Crippen molar-refractivity contribution in [3.8, 4) is 5.75 Å². The third-order valence-electron chi connectivity index (χ3n) is 2.96. The number of benzene rings is 1. The predicted octanol–water partition coefficient (Wildman–Crippen LogP) is 1.38. The van der Waals surface area contributed by atoms with Crippen LogP contribution in [0.25, 0.3) is 0 Å². The van der Waals surface area contributed by atoms with Crippen LogP contribution in [0.1, 0.15) is 5.56 Å². The van der Waals surface area contributed by atoms with E-state index >= 15 is 0 Å². The Kier molecular flexibility index (Phi) is 3.91. The summed E-state index contributed by atoms with van der Waals surface area (Å²) in [7, 11) is 1.47. The number of halogens is 2. The average molecular weight is 242 g/mol. The molecule has 1 fully saturated rings. The molecule has 1 aromatic rings. The number of rotatable bonds is 3. The highest BCUT2D eigenvalue weighted by Crippen LogP contribution is 2.25. The van der Waals surface area contributed by atoms with Crippen molar-refractivity contribution in [3.63, 3.8) is 0 Å². The smallest absolute Gasteiger partial charge is 0.167 e. The van der Waals surface area contributed by atoms with Crippen LogP contribution in [0.5, 0.6) is 5.75 Å². The van der Waals surface area contributed by atoms with Gasteiger partial charge in [-0.25, -0.2) is 8.78 Å². The Labute approximate surface area is 99.4 Å². The quantitative estimate of drug-likeness (QED) is 0.866. The molecule has 0 saturated carbocycles. The fraction of sp³-hybridized carbons (Fsp3) is 0.500. The van der Waals surface area contributed by atoms with Gasteiger partial charge in [0.2, 0.25) is 0 Å². The van der Waals surface area contributed by atoms with Crippen LogP contribution in [0, 0.1) is 11.6 Å². The van der Waals surface area contributed by atoms with Crippen LogP contribution in [-0.4, -0.2) is 38.2 Å². The molecule has 0 spiro atoms. The zero-order valence-electron chi connectivity index (χ0n) is 9.80. The molecular weight excluding hydrogens is 226 g/mol. The van der Waals surface area contributed by atoms with Gasteiger partial charge in [-0.3, -0.25) is 4.90 Å². The highest BCUT2D eigenvalue weighted by molar-refractivity contribution is 5.35. The normalized spacial score (nSPS) is 17.1. The van der Waals surface area contributed by atoms with E-state index in [9.17, 15) is 8.78 Å². The van der Waals surface area contributed by atoms with Gasteiger partial charge in [0, 0.05) is 38.3 Å². The number of nitrogens with one attached hydrogen (secondary N) is 1. The molecule has 1 heterocycles. The van der Waals surface area contributed by atoms with Crippen LogP contribution < -0.4 is 10.1 Å². The first-order valence-corrected chi connectivity index (χ1v) is 5.66. The molecule has 1 N–H and O–H groups in total. The Morgan fingerprint density at radius 1 is 1.29 bits per heavy atom. The number of hydrogen-bond acceptors (Lipinski definition) is 3. The standard InChI is InChI=1S/C12H16F2N2O/c1-17-11-3-2-10(13)12(14)9(11)8-16-6-4-15-5-7-16/h2-3,15H,4-8H2,1H3. The topological polar surface area (TPSA) is 24.5 Å². The van der Waals surface area contributed by atoms with Gasteiger partial charge in [-0.2, -0.15) is 0 Å². The van der Waals surface area contributed by atoms with E-state index in [1.807, 2.05) is 0 Å². The zero-order valence-corrected chi connectivity index (χ0v) is 9.80. The lowest BCUT2D eigenvalue weighted by atomic mass is 10.1. The molecule has 17 heavy (non-hydrogen) atoms. The molecule has 5 heteroatoms. The van der Waals surface area contributed by atoms with Gasteiger partial charge in [-0.05, 0) is 12.1 Å². The first kappa shape index (κ1) is 12.3. The third kappa shape index (κ3) is 2.73. The van der Waals surface area contributed by atoms with Crippen molar-refractivity contribution in [1.29, 1.82) is 0 Å². The summed E-state index contributed by atoms with van der Waals surface area (Å²) in [6, 6.07) is 2.56. The van der Waals surface area contributed by atoms with Crippen LogP contribution in [0.3, 0.4) is 0 Å². The molecule has 1 saturated heterocycles. The summed E-state index contributed by atoms with van der Waals surface area (Å²) in [5.41, 5.74) is 0.300. The largest absolute Gasteiger partial charge is 0.496 e. The second kappa shape index (κ2) is 5.42. The summed E-state index contributed by atoms with van der Waals surface area (Å²) in [6.45, 7) is 3.80. The minimum Gasteiger partial charge on any atom is -0.496 e. The fourth-order valence-corrected chi connectivity index (χ4v) is 2.01. The molecule has 1 aliphatic heterocycles. The van der Waals surface area contributed by atoms with Crippen molar-refractivity contribution in [2.45, 2.75) is 6.54 Å². The van der Waals surface area contributed by atoms with Crippen molar-refractivity contribution >= 4 is 0 Å². The molecule has 1 aliphatic rings. The molecule has 3 nitrogen and oxygen atoms in total. The second-order valence-corrected chi connectivity index (χ2v) is 4.07. The van der Waals surface area contributed by atoms with Gasteiger partial charge in [0.05, 0.1) is 7.11 Å². The van der Waals surface area contributed by atoms with E-state index in [1.54, 1.807) is 0 Å². The summed E-state index contributed by atoms with van der Waals surface area (Å²) in [6.07, 6.45) is 0. The Morgan fingerprint density at radius 3 is 2.65 bits per heavy atom. The first-order valence-electron chi connectivity index (χ1n) is 5.66. The Balaban J connectivity index is 2.20. The van der Waals surface area contributed by atoms with Crippen molar-refractivity contribution in [2.24, 2.45) is 0 Å². The molecule has 2 rings (SSSR count). The van der Waals surface area contributed by atoms with Gasteiger partial charge in [0.15, 0.2) is 11.6 Å². The Morgan fingerprint density at radius 2 is 2.00 bits per heavy atom. The lowest BCUT2D eigenvalue weighted by molar-refractivity contribution is 0.226. The Hall–Kier alpha value is -1.20. The Bertz CT molecular complexity index is 392. The molecule has 0 aliphatic carbocycles. The molecule has 0 amide bonds. The molecule has 0 unspecified atom stereocenters. The van der Waals surface area contributed by atoms with Crippen molar-refractivity contribution in [2.75, 3.05) is 33.3 Å². The van der Waals surface area contributed by atoms with Crippen LogP contribution in [0.15, 0.2) is 12.1 Å². The minimum absolute atomic E-state index is 0.300. The number of piperazine rings is 1. The van der Waals surface area contributed by atoms with E-state index in [0.29, 0.717) is 17.9 Å². The van der Waals surface area contributed by atoms with Gasteiger partial charge in [0.1, 0.15) is 5.75 Å². The van der Waals surface area contributed by atoms with Crippen molar-refractivity contribution in [3.05, 3.63) is 29.3 Å². The van der Waals surface area contributed by atoms with Crippen LogP contribution in [0.2, 0.25) is 0 Å². The molecule has 0 radical (unpaired) electrons. The third-order valence-corrected chi connectivity index (χ3v) is 2.96. The van der Waals surface area contributed by atoms with E-state index in [1.165, 1.54) is 13.2 Å². The lowest BCUT2D eigenvalue weighted by Crippen LogP contribution is -2.43. The summed E-state index contributed by atoms with van der Waals surface area (Å²) in [5, 5.41) is 3.21. The summed E-state index contributed by atoms with van der Waals surface area (Å²) in [4.78, 5) is 2.08. The van der Waals surface area contributed by atoms with E-state index in [0.717, 1.165) is 32.2 Å². The highest BCUT2D eigenvalue weighted by Gasteiger charge is 2.18. The zero-order chi connectivity index (χ0) is 12.3. The predicted molar refractivity (Wildman–Crippen MR) is 61.1 cm³/mol. The van der Waals surface area contributed by atoms with E-state index in [-0.39, 0.29) is 0 Å². The number of methoxy groups -OCH3 is 1. The average Bonchev–Trinajstić information content (AvgIpc) is 2.37. The maximum absolute atomic E-state index is 13.7. The molecule has 0 bridgehead atoms. The van der Waals surface area contributed by atoms with Crippen LogP contribution in [-0.2, 0) is 6.54 Å². The summed E-state index contributed by atoms with van der Waals surface area (Å²) < 4.78 is 32.0. The van der Waals surface area contributed by atoms with Crippen LogP contribution in [0.4, 0.5) is 8.78 Å². The van der Waals surface area contributed by atoms with Crippen molar-refractivity contribution < 1.29 is 13.5 Å². The second-order valence-electron chi connectivity index (χ2n) is 4.07. The molecule has 94 valence electrons. The summed E-state index contributed by atoms with van der Waals surface area (Å²) in [5.74, 6) is -1.22. The molecular formula is C12H16F2N2O. The fourth-order valence-electron chi connectivity index (χ4n) is 2.01. The SMILES string of the molecule is COc1ccc(F)c(F)c1CN1CCNCC1. The van der Waals surface area contributed by atoms with Gasteiger partial charge in [-0.15, -0.1) is 0 Å². The van der Waals surface area contributed by atoms with E-state index in [2.05, 4.69) is 10.2 Å². The lowest BCUT2D eigenvalue weighted by Gasteiger charge is -2.27. The highest BCUT2D eigenvalue weighted by atomic mass is 19.2. The minimum atomic E-state index is -0.823. The van der Waals surface area contributed by atoms with Gasteiger partial charge < -0.3 is 10.1 Å². The number of nitrogens with zero attached hydrogens (tertiary/aromatic N) is 1. The number of ether oxygens (including phenoxy) is 1. The molecule has 0 atom stereocenters. The van der Waals surface area contributed by atoms with E-state index < -0.39 is 11.6 Å². The maximum Gasteiger partial charge on any atom is 0.167 e. The van der Waals surface area contributed by atoms with Crippen molar-refractivity contribution in [1.82, 2.24) is 10.2 Å². The van der Waals surface area contributed by atoms with Crippen LogP contribution >= 0.6 is 0 Å². The summed E-state index contributed by atoms with van der Waals surface area (Å²) >= 11 is 0. The van der Waals surface area contributed by atoms with Gasteiger partial charge in [-0.1, -0.05) is 0 Å². The molecule has 0 aromatic heterocycles. The molecule has 1 aromatic carbocycles. The monoisotopic (exact) mass is 242 g/mol.